The summed E-state index contributed by atoms with van der Waals surface area (Å²) in [7, 11) is 0. The summed E-state index contributed by atoms with van der Waals surface area (Å²) in [5, 5.41) is 2.89. The fourth-order valence-electron chi connectivity index (χ4n) is 2.38. The lowest BCUT2D eigenvalue weighted by Gasteiger charge is -2.12. The smallest absolute Gasteiger partial charge is 0.219 e. The Morgan fingerprint density at radius 1 is 1.16 bits per heavy atom. The number of nitrogens with zero attached hydrogens (tertiary/aromatic N) is 1. The molecule has 1 amide bonds. The number of hydrogen-bond donors (Lipinski definition) is 1. The highest BCUT2D eigenvalue weighted by atomic mass is 16.5. The van der Waals surface area contributed by atoms with E-state index in [-0.39, 0.29) is 11.9 Å². The van der Waals surface area contributed by atoms with E-state index in [1.165, 1.54) is 5.56 Å². The molecule has 134 valence electrons. The van der Waals surface area contributed by atoms with Crippen LogP contribution < -0.4 is 14.8 Å². The minimum absolute atomic E-state index is 0.00913. The van der Waals surface area contributed by atoms with Crippen LogP contribution in [-0.2, 0) is 11.2 Å². The van der Waals surface area contributed by atoms with Gasteiger partial charge in [0.15, 0.2) is 0 Å². The lowest BCUT2D eigenvalue weighted by atomic mass is 10.1. The normalized spacial score (nSPS) is 11.6. The van der Waals surface area contributed by atoms with Crippen molar-refractivity contribution in [1.82, 2.24) is 10.3 Å². The zero-order valence-electron chi connectivity index (χ0n) is 15.1. The van der Waals surface area contributed by atoms with Gasteiger partial charge in [-0.3, -0.25) is 4.79 Å². The Morgan fingerprint density at radius 3 is 2.48 bits per heavy atom. The quantitative estimate of drug-likeness (QED) is 0.745. The van der Waals surface area contributed by atoms with E-state index in [0.29, 0.717) is 12.5 Å². The number of rotatable bonds is 9. The first-order valence-electron chi connectivity index (χ1n) is 8.69. The molecule has 0 radical (unpaired) electrons. The van der Waals surface area contributed by atoms with Crippen LogP contribution in [0.1, 0.15) is 39.2 Å². The molecule has 0 bridgehead atoms. The Morgan fingerprint density at radius 2 is 1.88 bits per heavy atom. The molecule has 1 heterocycles. The predicted octanol–water partition coefficient (Wildman–Crippen LogP) is 4.12. The van der Waals surface area contributed by atoms with Crippen molar-refractivity contribution in [2.45, 2.75) is 46.1 Å². The number of benzene rings is 1. The van der Waals surface area contributed by atoms with E-state index in [0.717, 1.165) is 30.8 Å². The molecule has 0 fully saturated rings. The zero-order valence-corrected chi connectivity index (χ0v) is 15.1. The fourth-order valence-corrected chi connectivity index (χ4v) is 2.38. The maximum absolute atomic E-state index is 11.0. The first-order chi connectivity index (χ1) is 12.1. The van der Waals surface area contributed by atoms with E-state index < -0.39 is 0 Å². The van der Waals surface area contributed by atoms with Gasteiger partial charge in [-0.25, -0.2) is 4.98 Å². The third-order valence-electron chi connectivity index (χ3n) is 3.64. The zero-order chi connectivity index (χ0) is 18.1. The van der Waals surface area contributed by atoms with Crippen molar-refractivity contribution in [3.05, 3.63) is 48.2 Å². The van der Waals surface area contributed by atoms with Crippen LogP contribution in [0.5, 0.6) is 17.4 Å². The van der Waals surface area contributed by atoms with Crippen LogP contribution in [-0.4, -0.2) is 23.5 Å². The fraction of sp³-hybridized carbons (Fsp3) is 0.400. The number of hydrogen-bond acceptors (Lipinski definition) is 4. The molecule has 0 spiro atoms. The molecule has 0 aliphatic carbocycles. The summed E-state index contributed by atoms with van der Waals surface area (Å²) >= 11 is 0. The molecule has 2 rings (SSSR count). The maximum atomic E-state index is 11.0. The van der Waals surface area contributed by atoms with E-state index >= 15 is 0 Å². The molecule has 1 unspecified atom stereocenters. The Labute approximate surface area is 149 Å². The average Bonchev–Trinajstić information content (AvgIpc) is 2.60. The number of carbonyl (C=O) groups excluding carboxylic acids is 1. The molecule has 5 heteroatoms. The number of pyridine rings is 1. The van der Waals surface area contributed by atoms with Crippen LogP contribution >= 0.6 is 0 Å². The van der Waals surface area contributed by atoms with Gasteiger partial charge >= 0.3 is 0 Å². The van der Waals surface area contributed by atoms with Crippen LogP contribution in [0.2, 0.25) is 0 Å². The monoisotopic (exact) mass is 342 g/mol. The molecule has 1 aromatic heterocycles. The number of aryl methyl sites for hydroxylation is 1. The molecule has 0 saturated carbocycles. The molecule has 5 nitrogen and oxygen atoms in total. The van der Waals surface area contributed by atoms with Crippen molar-refractivity contribution < 1.29 is 14.3 Å². The van der Waals surface area contributed by atoms with Gasteiger partial charge < -0.3 is 14.8 Å². The van der Waals surface area contributed by atoms with E-state index in [1.54, 1.807) is 19.2 Å². The van der Waals surface area contributed by atoms with Crippen molar-refractivity contribution in [3.8, 4) is 17.4 Å². The van der Waals surface area contributed by atoms with Crippen molar-refractivity contribution >= 4 is 5.91 Å². The van der Waals surface area contributed by atoms with Crippen molar-refractivity contribution in [2.24, 2.45) is 0 Å². The van der Waals surface area contributed by atoms with Gasteiger partial charge in [0, 0.05) is 19.0 Å². The summed E-state index contributed by atoms with van der Waals surface area (Å²) in [5.41, 5.74) is 1.21. The van der Waals surface area contributed by atoms with Gasteiger partial charge in [-0.15, -0.1) is 0 Å². The second-order valence-electron chi connectivity index (χ2n) is 6.07. The van der Waals surface area contributed by atoms with Gasteiger partial charge in [-0.05, 0) is 49.9 Å². The van der Waals surface area contributed by atoms with Gasteiger partial charge in [-0.2, -0.15) is 0 Å². The highest BCUT2D eigenvalue weighted by Crippen LogP contribution is 2.22. The molecular formula is C20H26N2O3. The number of aromatic nitrogens is 1. The molecule has 0 aliphatic rings. The van der Waals surface area contributed by atoms with Crippen LogP contribution in [0.15, 0.2) is 42.6 Å². The molecule has 1 aromatic carbocycles. The van der Waals surface area contributed by atoms with Crippen molar-refractivity contribution in [3.63, 3.8) is 0 Å². The van der Waals surface area contributed by atoms with Crippen LogP contribution in [0.25, 0.3) is 0 Å². The summed E-state index contributed by atoms with van der Waals surface area (Å²) in [5.74, 6) is 2.04. The summed E-state index contributed by atoms with van der Waals surface area (Å²) in [4.78, 5) is 15.3. The third-order valence-corrected chi connectivity index (χ3v) is 3.64. The minimum Gasteiger partial charge on any atom is -0.492 e. The standard InChI is InChI=1S/C20H26N2O3/c1-4-13-24-19-11-12-20(21-14-19)25-18-9-7-17(8-10-18)6-5-15(2)22-16(3)23/h7-12,14-15H,4-6,13H2,1-3H3,(H,22,23). The van der Waals surface area contributed by atoms with Crippen molar-refractivity contribution in [1.29, 1.82) is 0 Å². The molecule has 1 N–H and O–H groups in total. The van der Waals surface area contributed by atoms with Gasteiger partial charge in [0.25, 0.3) is 0 Å². The largest absolute Gasteiger partial charge is 0.492 e. The highest BCUT2D eigenvalue weighted by molar-refractivity contribution is 5.73. The lowest BCUT2D eigenvalue weighted by molar-refractivity contribution is -0.119. The van der Waals surface area contributed by atoms with E-state index in [1.807, 2.05) is 37.3 Å². The molecule has 1 atom stereocenters. The Balaban J connectivity index is 1.84. The number of amides is 1. The summed E-state index contributed by atoms with van der Waals surface area (Å²) < 4.78 is 11.2. The molecule has 25 heavy (non-hydrogen) atoms. The van der Waals surface area contributed by atoms with E-state index in [9.17, 15) is 4.79 Å². The van der Waals surface area contributed by atoms with E-state index in [4.69, 9.17) is 9.47 Å². The van der Waals surface area contributed by atoms with Crippen molar-refractivity contribution in [2.75, 3.05) is 6.61 Å². The second-order valence-corrected chi connectivity index (χ2v) is 6.07. The van der Waals surface area contributed by atoms with Crippen LogP contribution in [0.3, 0.4) is 0 Å². The van der Waals surface area contributed by atoms with Gasteiger partial charge in [0.2, 0.25) is 11.8 Å². The summed E-state index contributed by atoms with van der Waals surface area (Å²) in [6.07, 6.45) is 4.45. The lowest BCUT2D eigenvalue weighted by Crippen LogP contribution is -2.30. The second kappa shape index (κ2) is 9.67. The number of carbonyl (C=O) groups is 1. The summed E-state index contributed by atoms with van der Waals surface area (Å²) in [6.45, 7) is 6.30. The first-order valence-corrected chi connectivity index (χ1v) is 8.69. The van der Waals surface area contributed by atoms with Gasteiger partial charge in [-0.1, -0.05) is 19.1 Å². The van der Waals surface area contributed by atoms with E-state index in [2.05, 4.69) is 17.2 Å². The Hall–Kier alpha value is -2.56. The number of nitrogens with one attached hydrogen (secondary N) is 1. The maximum Gasteiger partial charge on any atom is 0.219 e. The average molecular weight is 342 g/mol. The number of ether oxygens (including phenoxy) is 2. The van der Waals surface area contributed by atoms with Crippen LogP contribution in [0.4, 0.5) is 0 Å². The molecule has 0 saturated heterocycles. The van der Waals surface area contributed by atoms with Gasteiger partial charge in [0.1, 0.15) is 11.5 Å². The van der Waals surface area contributed by atoms with Crippen LogP contribution in [0, 0.1) is 0 Å². The Bertz CT molecular complexity index is 654. The predicted molar refractivity (Wildman–Crippen MR) is 98.1 cm³/mol. The molecule has 0 aliphatic heterocycles. The summed E-state index contributed by atoms with van der Waals surface area (Å²) in [6, 6.07) is 11.8. The Kier molecular flexibility index (Phi) is 7.26. The van der Waals surface area contributed by atoms with Gasteiger partial charge in [0.05, 0.1) is 12.8 Å². The molecular weight excluding hydrogens is 316 g/mol. The topological polar surface area (TPSA) is 60.5 Å². The minimum atomic E-state index is 0.00913. The highest BCUT2D eigenvalue weighted by Gasteiger charge is 2.05. The first kappa shape index (κ1) is 18.8. The SMILES string of the molecule is CCCOc1ccc(Oc2ccc(CCC(C)NC(C)=O)cc2)nc1. The molecule has 2 aromatic rings. The third kappa shape index (κ3) is 6.83.